The Hall–Kier alpha value is -4.14. The standard InChI is InChI=1S/C22H21N5O4/c1-30-19-10-6-9-16(21(19)31-2)12-23-20(28)13-26-22(29)18-11-17(25-27(18)14-24-26)15-7-4-3-5-8-15/h3-11,14H,12-13H2,1-2H3,(H,23,28). The molecule has 2 aromatic heterocycles. The molecule has 0 saturated carbocycles. The maximum absolute atomic E-state index is 12.8. The zero-order valence-electron chi connectivity index (χ0n) is 17.1. The van der Waals surface area contributed by atoms with Gasteiger partial charge in [0.15, 0.2) is 11.5 Å². The minimum atomic E-state index is -0.397. The first-order valence-corrected chi connectivity index (χ1v) is 9.58. The van der Waals surface area contributed by atoms with Gasteiger partial charge in [-0.05, 0) is 12.1 Å². The molecule has 2 heterocycles. The molecule has 0 atom stereocenters. The monoisotopic (exact) mass is 419 g/mol. The van der Waals surface area contributed by atoms with Crippen LogP contribution in [0.25, 0.3) is 16.8 Å². The number of hydrogen-bond acceptors (Lipinski definition) is 6. The third-order valence-corrected chi connectivity index (χ3v) is 4.81. The van der Waals surface area contributed by atoms with Crippen LogP contribution in [0.2, 0.25) is 0 Å². The summed E-state index contributed by atoms with van der Waals surface area (Å²) in [5, 5.41) is 11.2. The number of amides is 1. The number of carbonyl (C=O) groups excluding carboxylic acids is 1. The van der Waals surface area contributed by atoms with Crippen molar-refractivity contribution in [2.24, 2.45) is 0 Å². The number of aromatic nitrogens is 4. The molecule has 0 fully saturated rings. The number of benzene rings is 2. The Balaban J connectivity index is 1.50. The number of nitrogens with one attached hydrogen (secondary N) is 1. The third-order valence-electron chi connectivity index (χ3n) is 4.81. The summed E-state index contributed by atoms with van der Waals surface area (Å²) in [6.45, 7) is 0.00844. The zero-order valence-corrected chi connectivity index (χ0v) is 17.1. The first-order chi connectivity index (χ1) is 15.1. The van der Waals surface area contributed by atoms with Gasteiger partial charge >= 0.3 is 0 Å². The van der Waals surface area contributed by atoms with Crippen molar-refractivity contribution in [3.63, 3.8) is 0 Å². The fourth-order valence-electron chi connectivity index (χ4n) is 3.28. The maximum atomic E-state index is 12.8. The number of nitrogens with zero attached hydrogens (tertiary/aromatic N) is 4. The summed E-state index contributed by atoms with van der Waals surface area (Å²) in [6, 6.07) is 16.6. The number of ether oxygens (including phenoxy) is 2. The third kappa shape index (κ3) is 4.11. The van der Waals surface area contributed by atoms with Crippen LogP contribution in [-0.2, 0) is 17.9 Å². The maximum Gasteiger partial charge on any atom is 0.293 e. The second kappa shape index (κ2) is 8.70. The van der Waals surface area contributed by atoms with Crippen molar-refractivity contribution < 1.29 is 14.3 Å². The SMILES string of the molecule is COc1cccc(CNC(=O)Cn2ncn3nc(-c4ccccc4)cc3c2=O)c1OC. The van der Waals surface area contributed by atoms with Crippen LogP contribution in [0.1, 0.15) is 5.56 Å². The molecule has 4 rings (SSSR count). The quantitative estimate of drug-likeness (QED) is 0.491. The average molecular weight is 419 g/mol. The molecule has 0 radical (unpaired) electrons. The van der Waals surface area contributed by atoms with Gasteiger partial charge < -0.3 is 14.8 Å². The molecule has 0 unspecified atom stereocenters. The van der Waals surface area contributed by atoms with Gasteiger partial charge in [0.1, 0.15) is 18.4 Å². The Bertz CT molecular complexity index is 1280. The summed E-state index contributed by atoms with van der Waals surface area (Å²) in [5.41, 5.74) is 2.26. The van der Waals surface area contributed by atoms with E-state index in [0.29, 0.717) is 22.7 Å². The Morgan fingerprint density at radius 3 is 2.61 bits per heavy atom. The van der Waals surface area contributed by atoms with Gasteiger partial charge in [-0.1, -0.05) is 42.5 Å². The number of fused-ring (bicyclic) bond motifs is 1. The summed E-state index contributed by atoms with van der Waals surface area (Å²) in [7, 11) is 3.09. The highest BCUT2D eigenvalue weighted by atomic mass is 16.5. The lowest BCUT2D eigenvalue weighted by molar-refractivity contribution is -0.122. The molecule has 0 aliphatic rings. The molecule has 1 N–H and O–H groups in total. The van der Waals surface area contributed by atoms with E-state index in [1.807, 2.05) is 42.5 Å². The minimum Gasteiger partial charge on any atom is -0.493 e. The van der Waals surface area contributed by atoms with Gasteiger partial charge in [0.25, 0.3) is 5.56 Å². The largest absolute Gasteiger partial charge is 0.493 e. The Morgan fingerprint density at radius 2 is 1.87 bits per heavy atom. The van der Waals surface area contributed by atoms with Crippen LogP contribution in [0, 0.1) is 0 Å². The fraction of sp³-hybridized carbons (Fsp3) is 0.182. The van der Waals surface area contributed by atoms with Gasteiger partial charge in [-0.2, -0.15) is 10.2 Å². The number of rotatable bonds is 7. The number of para-hydroxylation sites is 1. The predicted octanol–water partition coefficient (Wildman–Crippen LogP) is 1.89. The van der Waals surface area contributed by atoms with Crippen molar-refractivity contribution in [1.82, 2.24) is 24.7 Å². The molecule has 9 heteroatoms. The molecule has 9 nitrogen and oxygen atoms in total. The summed E-state index contributed by atoms with van der Waals surface area (Å²) >= 11 is 0. The Labute approximate surface area is 177 Å². The van der Waals surface area contributed by atoms with Gasteiger partial charge in [-0.15, -0.1) is 0 Å². The molecule has 0 aliphatic carbocycles. The predicted molar refractivity (Wildman–Crippen MR) is 114 cm³/mol. The summed E-state index contributed by atoms with van der Waals surface area (Å²) in [4.78, 5) is 25.2. The second-order valence-corrected chi connectivity index (χ2v) is 6.75. The van der Waals surface area contributed by atoms with Crippen LogP contribution in [0.4, 0.5) is 0 Å². The molecule has 31 heavy (non-hydrogen) atoms. The van der Waals surface area contributed by atoms with Crippen molar-refractivity contribution in [2.45, 2.75) is 13.1 Å². The van der Waals surface area contributed by atoms with Crippen molar-refractivity contribution >= 4 is 11.4 Å². The van der Waals surface area contributed by atoms with E-state index in [-0.39, 0.29) is 19.0 Å². The van der Waals surface area contributed by atoms with Gasteiger partial charge in [-0.3, -0.25) is 9.59 Å². The van der Waals surface area contributed by atoms with Gasteiger partial charge in [0, 0.05) is 17.7 Å². The van der Waals surface area contributed by atoms with Crippen molar-refractivity contribution in [3.8, 4) is 22.8 Å². The van der Waals surface area contributed by atoms with Crippen LogP contribution < -0.4 is 20.3 Å². The van der Waals surface area contributed by atoms with E-state index in [0.717, 1.165) is 15.8 Å². The normalized spacial score (nSPS) is 10.8. The highest BCUT2D eigenvalue weighted by Crippen LogP contribution is 2.30. The first kappa shape index (κ1) is 20.1. The molecule has 0 spiro atoms. The first-order valence-electron chi connectivity index (χ1n) is 9.58. The number of hydrogen-bond donors (Lipinski definition) is 1. The van der Waals surface area contributed by atoms with E-state index in [1.54, 1.807) is 19.2 Å². The van der Waals surface area contributed by atoms with Crippen LogP contribution in [0.15, 0.2) is 65.7 Å². The molecular formula is C22H21N5O4. The lowest BCUT2D eigenvalue weighted by atomic mass is 10.1. The average Bonchev–Trinajstić information content (AvgIpc) is 3.25. The summed E-state index contributed by atoms with van der Waals surface area (Å²) < 4.78 is 13.2. The Kier molecular flexibility index (Phi) is 5.65. The lowest BCUT2D eigenvalue weighted by Gasteiger charge is -2.13. The van der Waals surface area contributed by atoms with Crippen LogP contribution in [0.3, 0.4) is 0 Å². The minimum absolute atomic E-state index is 0.215. The van der Waals surface area contributed by atoms with E-state index in [4.69, 9.17) is 9.47 Å². The molecule has 0 bridgehead atoms. The van der Waals surface area contributed by atoms with E-state index >= 15 is 0 Å². The molecule has 4 aromatic rings. The van der Waals surface area contributed by atoms with E-state index < -0.39 is 5.56 Å². The highest BCUT2D eigenvalue weighted by molar-refractivity contribution is 5.76. The molecular weight excluding hydrogens is 398 g/mol. The van der Waals surface area contributed by atoms with Gasteiger partial charge in [-0.25, -0.2) is 9.20 Å². The van der Waals surface area contributed by atoms with E-state index in [2.05, 4.69) is 15.5 Å². The topological polar surface area (TPSA) is 99.8 Å². The highest BCUT2D eigenvalue weighted by Gasteiger charge is 2.14. The van der Waals surface area contributed by atoms with Crippen molar-refractivity contribution in [1.29, 1.82) is 0 Å². The molecule has 1 amide bonds. The van der Waals surface area contributed by atoms with E-state index in [9.17, 15) is 9.59 Å². The van der Waals surface area contributed by atoms with Crippen LogP contribution in [0.5, 0.6) is 11.5 Å². The molecule has 158 valence electrons. The second-order valence-electron chi connectivity index (χ2n) is 6.75. The number of methoxy groups -OCH3 is 2. The van der Waals surface area contributed by atoms with Crippen molar-refractivity contribution in [3.05, 3.63) is 76.8 Å². The zero-order chi connectivity index (χ0) is 21.8. The molecule has 0 aliphatic heterocycles. The van der Waals surface area contributed by atoms with Gasteiger partial charge in [0.05, 0.1) is 19.9 Å². The molecule has 2 aromatic carbocycles. The lowest BCUT2D eigenvalue weighted by Crippen LogP contribution is -2.34. The van der Waals surface area contributed by atoms with E-state index in [1.165, 1.54) is 18.0 Å². The smallest absolute Gasteiger partial charge is 0.293 e. The van der Waals surface area contributed by atoms with Crippen LogP contribution in [-0.4, -0.2) is 39.5 Å². The van der Waals surface area contributed by atoms with Crippen molar-refractivity contribution in [2.75, 3.05) is 14.2 Å². The van der Waals surface area contributed by atoms with Crippen LogP contribution >= 0.6 is 0 Å². The Morgan fingerprint density at radius 1 is 1.06 bits per heavy atom. The van der Waals surface area contributed by atoms with Gasteiger partial charge in [0.2, 0.25) is 5.91 Å². The fourth-order valence-corrected chi connectivity index (χ4v) is 3.28. The summed E-state index contributed by atoms with van der Waals surface area (Å²) in [5.74, 6) is 0.772. The molecule has 0 saturated heterocycles. The number of carbonyl (C=O) groups is 1. The summed E-state index contributed by atoms with van der Waals surface area (Å²) in [6.07, 6.45) is 1.42.